The van der Waals surface area contributed by atoms with E-state index < -0.39 is 21.3 Å². The molecule has 1 aromatic carbocycles. The van der Waals surface area contributed by atoms with E-state index >= 15 is 0 Å². The number of rotatable bonds is 3. The number of benzene rings is 1. The van der Waals surface area contributed by atoms with Gasteiger partial charge in [-0.25, -0.2) is 12.8 Å². The van der Waals surface area contributed by atoms with Gasteiger partial charge in [0, 0.05) is 52.1 Å². The van der Waals surface area contributed by atoms with E-state index in [1.807, 2.05) is 0 Å². The number of hydrogen-bond acceptors (Lipinski definition) is 4. The van der Waals surface area contributed by atoms with Crippen molar-refractivity contribution in [3.8, 4) is 0 Å². The van der Waals surface area contributed by atoms with Gasteiger partial charge in [-0.3, -0.25) is 9.59 Å². The summed E-state index contributed by atoms with van der Waals surface area (Å²) in [6.07, 6.45) is 1.88. The first-order valence-corrected chi connectivity index (χ1v) is 11.4. The Morgan fingerprint density at radius 3 is 2.45 bits per heavy atom. The van der Waals surface area contributed by atoms with Crippen LogP contribution in [0.1, 0.15) is 25.3 Å². The lowest BCUT2D eigenvalue weighted by molar-refractivity contribution is -0.141. The molecular formula is C20H26FN3O4S. The lowest BCUT2D eigenvalue weighted by Crippen LogP contribution is -2.49. The summed E-state index contributed by atoms with van der Waals surface area (Å²) in [6, 6.07) is 3.72. The average Bonchev–Trinajstić information content (AvgIpc) is 3.37. The van der Waals surface area contributed by atoms with Crippen LogP contribution in [0.3, 0.4) is 0 Å². The molecule has 3 heterocycles. The zero-order valence-electron chi connectivity index (χ0n) is 16.7. The zero-order valence-corrected chi connectivity index (χ0v) is 17.5. The van der Waals surface area contributed by atoms with Crippen LogP contribution in [0.25, 0.3) is 0 Å². The number of carbonyl (C=O) groups excluding carboxylic acids is 2. The van der Waals surface area contributed by atoms with Crippen LogP contribution < -0.4 is 0 Å². The Labute approximate surface area is 170 Å². The predicted molar refractivity (Wildman–Crippen MR) is 104 cm³/mol. The molecule has 0 saturated carbocycles. The Morgan fingerprint density at radius 2 is 1.79 bits per heavy atom. The average molecular weight is 424 g/mol. The maximum absolute atomic E-state index is 13.8. The van der Waals surface area contributed by atoms with Gasteiger partial charge < -0.3 is 9.80 Å². The summed E-state index contributed by atoms with van der Waals surface area (Å²) >= 11 is 0. The van der Waals surface area contributed by atoms with Crippen molar-refractivity contribution in [3.63, 3.8) is 0 Å². The third-order valence-electron chi connectivity index (χ3n) is 6.61. The van der Waals surface area contributed by atoms with Gasteiger partial charge in [-0.15, -0.1) is 0 Å². The van der Waals surface area contributed by atoms with E-state index in [2.05, 4.69) is 0 Å². The number of sulfonamides is 1. The Hall–Kier alpha value is -2.00. The zero-order chi connectivity index (χ0) is 21.0. The quantitative estimate of drug-likeness (QED) is 0.733. The molecule has 0 spiro atoms. The number of carbonyl (C=O) groups is 2. The standard InChI is InChI=1S/C20H26FN3O4S/c1-14-5-6-17(21)9-18(14)29(27,28)24-11-16-10-23(15(2)25)12-20(16,13-24)19(26)22-7-3-4-8-22/h5-6,9,16H,3-4,7-8,10-13H2,1-2H3/t16-,20-/m0/s1. The lowest BCUT2D eigenvalue weighted by Gasteiger charge is -2.32. The Kier molecular flexibility index (Phi) is 4.93. The summed E-state index contributed by atoms with van der Waals surface area (Å²) in [4.78, 5) is 28.8. The van der Waals surface area contributed by atoms with Crippen molar-refractivity contribution in [2.45, 2.75) is 31.6 Å². The van der Waals surface area contributed by atoms with Gasteiger partial charge in [0.05, 0.1) is 10.3 Å². The van der Waals surface area contributed by atoms with E-state index in [-0.39, 0.29) is 42.3 Å². The van der Waals surface area contributed by atoms with Gasteiger partial charge in [-0.05, 0) is 37.5 Å². The highest BCUT2D eigenvalue weighted by molar-refractivity contribution is 7.89. The summed E-state index contributed by atoms with van der Waals surface area (Å²) in [5.74, 6) is -1.04. The molecule has 29 heavy (non-hydrogen) atoms. The second-order valence-electron chi connectivity index (χ2n) is 8.46. The van der Waals surface area contributed by atoms with Crippen LogP contribution >= 0.6 is 0 Å². The minimum absolute atomic E-state index is 0.0229. The van der Waals surface area contributed by atoms with Crippen LogP contribution in [0.2, 0.25) is 0 Å². The smallest absolute Gasteiger partial charge is 0.243 e. The highest BCUT2D eigenvalue weighted by Crippen LogP contribution is 2.46. The maximum atomic E-state index is 13.8. The SMILES string of the molecule is CC(=O)N1C[C@H]2CN(S(=O)(=O)c3cc(F)ccc3C)C[C@@]2(C(=O)N2CCCC2)C1. The Morgan fingerprint density at radius 1 is 1.10 bits per heavy atom. The molecular weight excluding hydrogens is 397 g/mol. The number of aryl methyl sites for hydroxylation is 1. The highest BCUT2D eigenvalue weighted by Gasteiger charge is 2.61. The fourth-order valence-corrected chi connectivity index (χ4v) is 6.76. The van der Waals surface area contributed by atoms with Crippen molar-refractivity contribution < 1.29 is 22.4 Å². The summed E-state index contributed by atoms with van der Waals surface area (Å²) in [5.41, 5.74) is -0.460. The largest absolute Gasteiger partial charge is 0.342 e. The minimum atomic E-state index is -3.95. The molecule has 2 amide bonds. The van der Waals surface area contributed by atoms with E-state index in [0.29, 0.717) is 25.2 Å². The second kappa shape index (κ2) is 7.05. The second-order valence-corrected chi connectivity index (χ2v) is 10.4. The fourth-order valence-electron chi connectivity index (χ4n) is 4.97. The molecule has 9 heteroatoms. The molecule has 0 aromatic heterocycles. The van der Waals surface area contributed by atoms with Crippen LogP contribution in [-0.4, -0.2) is 73.6 Å². The van der Waals surface area contributed by atoms with Crippen molar-refractivity contribution in [2.75, 3.05) is 39.3 Å². The molecule has 3 aliphatic heterocycles. The van der Waals surface area contributed by atoms with Crippen molar-refractivity contribution in [2.24, 2.45) is 11.3 Å². The first kappa shape index (κ1) is 20.3. The number of nitrogens with zero attached hydrogens (tertiary/aromatic N) is 3. The van der Waals surface area contributed by atoms with Crippen molar-refractivity contribution >= 4 is 21.8 Å². The summed E-state index contributed by atoms with van der Waals surface area (Å²) in [5, 5.41) is 0. The normalized spacial score (nSPS) is 27.5. The number of fused-ring (bicyclic) bond motifs is 1. The summed E-state index contributed by atoms with van der Waals surface area (Å²) < 4.78 is 41.7. The lowest BCUT2D eigenvalue weighted by atomic mass is 9.79. The molecule has 3 saturated heterocycles. The molecule has 3 aliphatic rings. The molecule has 1 aromatic rings. The van der Waals surface area contributed by atoms with Crippen LogP contribution in [0.5, 0.6) is 0 Å². The van der Waals surface area contributed by atoms with E-state index in [0.717, 1.165) is 18.9 Å². The van der Waals surface area contributed by atoms with Crippen molar-refractivity contribution in [1.29, 1.82) is 0 Å². The van der Waals surface area contributed by atoms with Gasteiger partial charge in [0.15, 0.2) is 0 Å². The van der Waals surface area contributed by atoms with Gasteiger partial charge in [-0.2, -0.15) is 4.31 Å². The molecule has 0 aliphatic carbocycles. The molecule has 0 radical (unpaired) electrons. The first-order chi connectivity index (χ1) is 13.6. The van der Waals surface area contributed by atoms with Crippen LogP contribution in [0, 0.1) is 24.1 Å². The third-order valence-corrected chi connectivity index (χ3v) is 8.56. The fraction of sp³-hybridized carbons (Fsp3) is 0.600. The van der Waals surface area contributed by atoms with Gasteiger partial charge in [-0.1, -0.05) is 6.07 Å². The Bertz CT molecular complexity index is 960. The number of hydrogen-bond donors (Lipinski definition) is 0. The van der Waals surface area contributed by atoms with Gasteiger partial charge in [0.2, 0.25) is 21.8 Å². The van der Waals surface area contributed by atoms with E-state index in [4.69, 9.17) is 0 Å². The molecule has 3 fully saturated rings. The predicted octanol–water partition coefficient (Wildman–Crippen LogP) is 1.23. The molecule has 4 rings (SSSR count). The summed E-state index contributed by atoms with van der Waals surface area (Å²) in [6.45, 7) is 5.22. The maximum Gasteiger partial charge on any atom is 0.243 e. The topological polar surface area (TPSA) is 78.0 Å². The van der Waals surface area contributed by atoms with Gasteiger partial charge in [0.25, 0.3) is 0 Å². The molecule has 0 N–H and O–H groups in total. The van der Waals surface area contributed by atoms with Gasteiger partial charge >= 0.3 is 0 Å². The third kappa shape index (κ3) is 3.24. The highest BCUT2D eigenvalue weighted by atomic mass is 32.2. The molecule has 158 valence electrons. The van der Waals surface area contributed by atoms with Crippen LogP contribution in [0.15, 0.2) is 23.1 Å². The summed E-state index contributed by atoms with van der Waals surface area (Å²) in [7, 11) is -3.95. The first-order valence-electron chi connectivity index (χ1n) is 9.96. The van der Waals surface area contributed by atoms with Crippen molar-refractivity contribution in [3.05, 3.63) is 29.6 Å². The number of likely N-dealkylation sites (tertiary alicyclic amines) is 2. The number of halogens is 1. The minimum Gasteiger partial charge on any atom is -0.342 e. The monoisotopic (exact) mass is 423 g/mol. The van der Waals surface area contributed by atoms with E-state index in [1.165, 1.54) is 23.4 Å². The van der Waals surface area contributed by atoms with Crippen LogP contribution in [0.4, 0.5) is 4.39 Å². The molecule has 7 nitrogen and oxygen atoms in total. The molecule has 0 unspecified atom stereocenters. The van der Waals surface area contributed by atoms with E-state index in [9.17, 15) is 22.4 Å². The Balaban J connectivity index is 1.69. The van der Waals surface area contributed by atoms with Crippen molar-refractivity contribution in [1.82, 2.24) is 14.1 Å². The van der Waals surface area contributed by atoms with Crippen LogP contribution in [-0.2, 0) is 19.6 Å². The molecule has 0 bridgehead atoms. The van der Waals surface area contributed by atoms with E-state index in [1.54, 1.807) is 16.7 Å². The molecule has 2 atom stereocenters. The number of amides is 2. The van der Waals surface area contributed by atoms with Gasteiger partial charge in [0.1, 0.15) is 5.82 Å².